The van der Waals surface area contributed by atoms with Crippen LogP contribution >= 0.6 is 0 Å². The molecule has 1 aromatic rings. The van der Waals surface area contributed by atoms with Crippen LogP contribution in [0, 0.1) is 5.41 Å². The van der Waals surface area contributed by atoms with Gasteiger partial charge in [-0.15, -0.1) is 0 Å². The Morgan fingerprint density at radius 2 is 2.06 bits per heavy atom. The Morgan fingerprint density at radius 1 is 1.31 bits per heavy atom. The van der Waals surface area contributed by atoms with E-state index in [0.717, 1.165) is 60.3 Å². The number of methoxy groups -OCH3 is 2. The minimum atomic E-state index is -2.69. The van der Waals surface area contributed by atoms with E-state index in [9.17, 15) is 13.6 Å². The molecule has 1 amide bonds. The van der Waals surface area contributed by atoms with Crippen molar-refractivity contribution in [3.05, 3.63) is 29.3 Å². The highest BCUT2D eigenvalue weighted by atomic mass is 19.3. The van der Waals surface area contributed by atoms with E-state index in [4.69, 9.17) is 19.9 Å². The number of hydrogen-bond donors (Lipinski definition) is 1. The minimum absolute atomic E-state index is 0.183. The number of benzene rings is 1. The van der Waals surface area contributed by atoms with Gasteiger partial charge in [0.15, 0.2) is 5.96 Å². The summed E-state index contributed by atoms with van der Waals surface area (Å²) in [6, 6.07) is 5.63. The maximum absolute atomic E-state index is 12.9. The van der Waals surface area contributed by atoms with Crippen molar-refractivity contribution in [2.24, 2.45) is 16.1 Å². The van der Waals surface area contributed by atoms with E-state index in [1.807, 2.05) is 18.2 Å². The molecule has 2 N–H and O–H groups in total. The lowest BCUT2D eigenvalue weighted by molar-refractivity contribution is -0.116. The fourth-order valence-corrected chi connectivity index (χ4v) is 4.88. The van der Waals surface area contributed by atoms with Crippen molar-refractivity contribution in [1.82, 2.24) is 4.90 Å². The first kappa shape index (κ1) is 24.4. The topological polar surface area (TPSA) is 86.4 Å². The molecule has 0 bridgehead atoms. The summed E-state index contributed by atoms with van der Waals surface area (Å²) in [5, 5.41) is 0. The number of rotatable bonds is 10. The summed E-state index contributed by atoms with van der Waals surface area (Å²) in [7, 11) is 3.37. The van der Waals surface area contributed by atoms with Gasteiger partial charge < -0.3 is 19.9 Å². The molecule has 32 heavy (non-hydrogen) atoms. The maximum atomic E-state index is 12.9. The molecule has 1 unspecified atom stereocenters. The van der Waals surface area contributed by atoms with Crippen molar-refractivity contribution >= 4 is 12.4 Å². The van der Waals surface area contributed by atoms with Crippen LogP contribution in [0.5, 0.6) is 5.75 Å². The average molecular weight is 454 g/mol. The first-order chi connectivity index (χ1) is 15.4. The fourth-order valence-electron chi connectivity index (χ4n) is 4.88. The summed E-state index contributed by atoms with van der Waals surface area (Å²) in [5.41, 5.74) is 8.00. The van der Waals surface area contributed by atoms with Crippen molar-refractivity contribution in [1.29, 1.82) is 0 Å². The van der Waals surface area contributed by atoms with E-state index in [0.29, 0.717) is 19.6 Å². The maximum Gasteiger partial charge on any atom is 0.256 e. The Morgan fingerprint density at radius 3 is 2.69 bits per heavy atom. The fraction of sp³-hybridized carbons (Fsp3) is 0.652. The molecule has 1 saturated carbocycles. The normalized spacial score (nSPS) is 25.2. The van der Waals surface area contributed by atoms with Crippen molar-refractivity contribution in [3.63, 3.8) is 0 Å². The number of nitrogens with zero attached hydrogens (tertiary/aromatic N) is 2. The second kappa shape index (κ2) is 11.0. The highest BCUT2D eigenvalue weighted by Crippen LogP contribution is 2.56. The molecule has 0 radical (unpaired) electrons. The van der Waals surface area contributed by atoms with Crippen molar-refractivity contribution < 1.29 is 27.8 Å². The number of hydrogen-bond acceptors (Lipinski definition) is 5. The van der Waals surface area contributed by atoms with Crippen molar-refractivity contribution in [2.45, 2.75) is 57.1 Å². The van der Waals surface area contributed by atoms with Crippen LogP contribution in [0.2, 0.25) is 0 Å². The first-order valence-electron chi connectivity index (χ1n) is 11.0. The van der Waals surface area contributed by atoms with Crippen LogP contribution in [0.3, 0.4) is 0 Å². The third-order valence-corrected chi connectivity index (χ3v) is 6.58. The number of carbonyl (C=O) groups is 1. The van der Waals surface area contributed by atoms with Crippen LogP contribution in [-0.2, 0) is 20.7 Å². The minimum Gasteiger partial charge on any atom is -0.493 e. The highest BCUT2D eigenvalue weighted by molar-refractivity contribution is 5.87. The second-order valence-electron chi connectivity index (χ2n) is 8.57. The number of halogens is 2. The van der Waals surface area contributed by atoms with Gasteiger partial charge in [0, 0.05) is 32.7 Å². The molecule has 7 nitrogen and oxygen atoms in total. The highest BCUT2D eigenvalue weighted by Gasteiger charge is 2.48. The lowest BCUT2D eigenvalue weighted by Crippen LogP contribution is -2.41. The number of aliphatic imine (C=N–C) groups is 1. The average Bonchev–Trinajstić information content (AvgIpc) is 3.07. The van der Waals surface area contributed by atoms with Gasteiger partial charge in [0.2, 0.25) is 6.41 Å². The third kappa shape index (κ3) is 5.56. The summed E-state index contributed by atoms with van der Waals surface area (Å²) in [5.74, 6) is 0.541. The largest absolute Gasteiger partial charge is 0.493 e. The third-order valence-electron chi connectivity index (χ3n) is 6.58. The number of fused-ring (bicyclic) bond motifs is 1. The Balaban J connectivity index is 1.90. The van der Waals surface area contributed by atoms with Gasteiger partial charge in [0.05, 0.1) is 25.3 Å². The van der Waals surface area contributed by atoms with Gasteiger partial charge in [-0.25, -0.2) is 13.8 Å². The molecule has 9 heteroatoms. The molecule has 1 aromatic carbocycles. The van der Waals surface area contributed by atoms with E-state index in [1.165, 1.54) is 0 Å². The van der Waals surface area contributed by atoms with E-state index in [1.54, 1.807) is 14.2 Å². The van der Waals surface area contributed by atoms with Gasteiger partial charge in [0.25, 0.3) is 6.43 Å². The molecular weight excluding hydrogens is 420 g/mol. The molecule has 1 fully saturated rings. The summed E-state index contributed by atoms with van der Waals surface area (Å²) < 4.78 is 42.3. The van der Waals surface area contributed by atoms with E-state index in [-0.39, 0.29) is 23.5 Å². The zero-order valence-electron chi connectivity index (χ0n) is 18.8. The predicted molar refractivity (Wildman–Crippen MR) is 117 cm³/mol. The van der Waals surface area contributed by atoms with E-state index in [2.05, 4.69) is 4.99 Å². The monoisotopic (exact) mass is 453 g/mol. The van der Waals surface area contributed by atoms with Crippen LogP contribution in [0.1, 0.15) is 49.3 Å². The zero-order valence-corrected chi connectivity index (χ0v) is 18.8. The molecule has 0 aliphatic heterocycles. The zero-order chi connectivity index (χ0) is 23.1. The second-order valence-corrected chi connectivity index (χ2v) is 8.57. The standard InChI is InChI=1S/C23H33F2N3O4/c1-30-10-3-11-32-18-5-4-16-13-23(8-6-17(31-2)7-9-23)21(19(16)12-18)27-22(26)28(15-29)14-20(24)25/h4-5,12,15,17,20-21H,3,6-11,13-14H2,1-2H3,(H2,26,27). The van der Waals surface area contributed by atoms with E-state index >= 15 is 0 Å². The summed E-state index contributed by atoms with van der Waals surface area (Å²) in [6.45, 7) is 0.361. The molecule has 2 aliphatic rings. The lowest BCUT2D eigenvalue weighted by atomic mass is 9.68. The van der Waals surface area contributed by atoms with Gasteiger partial charge >= 0.3 is 0 Å². The molecule has 0 aromatic heterocycles. The van der Waals surface area contributed by atoms with Crippen LogP contribution in [0.25, 0.3) is 0 Å². The van der Waals surface area contributed by atoms with E-state index < -0.39 is 13.0 Å². The van der Waals surface area contributed by atoms with Gasteiger partial charge in [0.1, 0.15) is 5.75 Å². The summed E-state index contributed by atoms with van der Waals surface area (Å²) in [4.78, 5) is 16.8. The van der Waals surface area contributed by atoms with Gasteiger partial charge in [-0.05, 0) is 55.4 Å². The number of alkyl halides is 2. The number of amides is 1. The molecule has 0 heterocycles. The molecule has 1 atom stereocenters. The molecular formula is C23H33F2N3O4. The first-order valence-corrected chi connectivity index (χ1v) is 11.0. The van der Waals surface area contributed by atoms with Crippen LogP contribution in [-0.4, -0.2) is 63.8 Å². The Kier molecular flexibility index (Phi) is 8.42. The SMILES string of the molecule is COCCCOc1ccc2c(c1)C(N=C(N)N(C=O)CC(F)F)C1(CCC(OC)CC1)C2. The van der Waals surface area contributed by atoms with Crippen molar-refractivity contribution in [3.8, 4) is 5.75 Å². The van der Waals surface area contributed by atoms with Crippen LogP contribution in [0.15, 0.2) is 23.2 Å². The molecule has 3 rings (SSSR count). The van der Waals surface area contributed by atoms with Gasteiger partial charge in [-0.2, -0.15) is 0 Å². The number of carbonyl (C=O) groups excluding carboxylic acids is 1. The molecule has 1 spiro atoms. The van der Waals surface area contributed by atoms with Gasteiger partial charge in [-0.3, -0.25) is 9.69 Å². The lowest BCUT2D eigenvalue weighted by Gasteiger charge is -2.40. The summed E-state index contributed by atoms with van der Waals surface area (Å²) in [6.07, 6.45) is 2.95. The van der Waals surface area contributed by atoms with Gasteiger partial charge in [-0.1, -0.05) is 6.07 Å². The Labute approximate surface area is 187 Å². The number of ether oxygens (including phenoxy) is 3. The summed E-state index contributed by atoms with van der Waals surface area (Å²) >= 11 is 0. The quantitative estimate of drug-likeness (QED) is 0.254. The molecule has 2 aliphatic carbocycles. The Hall–Kier alpha value is -2.26. The smallest absolute Gasteiger partial charge is 0.256 e. The van der Waals surface area contributed by atoms with Crippen molar-refractivity contribution in [2.75, 3.05) is 34.0 Å². The van der Waals surface area contributed by atoms with Crippen LogP contribution < -0.4 is 10.5 Å². The Bertz CT molecular complexity index is 797. The van der Waals surface area contributed by atoms with Crippen LogP contribution in [0.4, 0.5) is 8.78 Å². The number of guanidine groups is 1. The predicted octanol–water partition coefficient (Wildman–Crippen LogP) is 3.31. The molecule has 0 saturated heterocycles. The number of nitrogens with two attached hydrogens (primary N) is 1. The molecule has 178 valence electrons.